The molecule has 0 bridgehead atoms. The number of rotatable bonds is 6. The van der Waals surface area contributed by atoms with Crippen molar-refractivity contribution in [2.24, 2.45) is 11.7 Å². The van der Waals surface area contributed by atoms with Gasteiger partial charge in [-0.05, 0) is 19.3 Å². The van der Waals surface area contributed by atoms with Crippen molar-refractivity contribution in [3.63, 3.8) is 0 Å². The Kier molecular flexibility index (Phi) is 5.27. The smallest absolute Gasteiger partial charge is 0.358 e. The summed E-state index contributed by atoms with van der Waals surface area (Å²) in [5.74, 6) is -0.476. The molecule has 0 saturated carbocycles. The second kappa shape index (κ2) is 6.49. The van der Waals surface area contributed by atoms with E-state index in [2.05, 4.69) is 18.8 Å². The molecule has 0 aliphatic rings. The Hall–Kier alpha value is -1.43. The van der Waals surface area contributed by atoms with Gasteiger partial charge in [-0.2, -0.15) is 0 Å². The van der Waals surface area contributed by atoms with Crippen LogP contribution in [-0.4, -0.2) is 23.5 Å². The molecule has 2 N–H and O–H groups in total. The van der Waals surface area contributed by atoms with E-state index in [9.17, 15) is 9.59 Å². The maximum Gasteiger partial charge on any atom is 0.358 e. The van der Waals surface area contributed by atoms with Crippen LogP contribution in [0.4, 0.5) is 0 Å². The van der Waals surface area contributed by atoms with Gasteiger partial charge in [-0.3, -0.25) is 4.79 Å². The van der Waals surface area contributed by atoms with Crippen molar-refractivity contribution in [1.82, 2.24) is 4.98 Å². The van der Waals surface area contributed by atoms with Crippen LogP contribution in [0.5, 0.6) is 0 Å². The van der Waals surface area contributed by atoms with Gasteiger partial charge >= 0.3 is 5.97 Å². The van der Waals surface area contributed by atoms with Crippen LogP contribution in [0.1, 0.15) is 41.1 Å². The lowest BCUT2D eigenvalue weighted by Crippen LogP contribution is -2.14. The Labute approximate surface area is 110 Å². The van der Waals surface area contributed by atoms with Crippen LogP contribution in [0.2, 0.25) is 0 Å². The van der Waals surface area contributed by atoms with Crippen molar-refractivity contribution >= 4 is 23.2 Å². The molecule has 18 heavy (non-hydrogen) atoms. The quantitative estimate of drug-likeness (QED) is 0.795. The predicted octanol–water partition coefficient (Wildman–Crippen LogP) is 1.55. The first-order chi connectivity index (χ1) is 8.43. The molecule has 0 aliphatic carbocycles. The monoisotopic (exact) mass is 270 g/mol. The summed E-state index contributed by atoms with van der Waals surface area (Å²) < 4.78 is 4.96. The van der Waals surface area contributed by atoms with Gasteiger partial charge in [-0.1, -0.05) is 13.8 Å². The maximum atomic E-state index is 11.8. The van der Waals surface area contributed by atoms with Gasteiger partial charge in [0.05, 0.1) is 13.0 Å². The van der Waals surface area contributed by atoms with Gasteiger partial charge in [0, 0.05) is 4.88 Å². The second-order valence-electron chi connectivity index (χ2n) is 4.34. The van der Waals surface area contributed by atoms with E-state index in [4.69, 9.17) is 10.5 Å². The Morgan fingerprint density at radius 1 is 1.44 bits per heavy atom. The van der Waals surface area contributed by atoms with Crippen LogP contribution in [0, 0.1) is 5.92 Å². The fraction of sp³-hybridized carbons (Fsp3) is 0.583. The molecule has 1 amide bonds. The summed E-state index contributed by atoms with van der Waals surface area (Å²) in [6, 6.07) is 0. The maximum absolute atomic E-state index is 11.8. The highest BCUT2D eigenvalue weighted by atomic mass is 32.1. The number of esters is 1. The molecule has 6 heteroatoms. The topological polar surface area (TPSA) is 82.3 Å². The molecule has 1 rings (SSSR count). The molecule has 0 fully saturated rings. The van der Waals surface area contributed by atoms with Crippen molar-refractivity contribution < 1.29 is 14.3 Å². The zero-order valence-electron chi connectivity index (χ0n) is 10.9. The minimum absolute atomic E-state index is 0.0646. The number of ether oxygens (including phenoxy) is 1. The largest absolute Gasteiger partial charge is 0.461 e. The number of nitrogens with zero attached hydrogens (tertiary/aromatic N) is 1. The van der Waals surface area contributed by atoms with Gasteiger partial charge in [0.2, 0.25) is 5.91 Å². The zero-order valence-corrected chi connectivity index (χ0v) is 11.7. The Bertz CT molecular complexity index is 441. The average molecular weight is 270 g/mol. The average Bonchev–Trinajstić information content (AvgIpc) is 2.59. The number of hydrogen-bond donors (Lipinski definition) is 1. The van der Waals surface area contributed by atoms with Crippen LogP contribution >= 0.6 is 11.3 Å². The molecule has 0 radical (unpaired) electrons. The number of primary amides is 1. The third kappa shape index (κ3) is 4.10. The second-order valence-corrected chi connectivity index (χ2v) is 5.51. The summed E-state index contributed by atoms with van der Waals surface area (Å²) >= 11 is 1.36. The van der Waals surface area contributed by atoms with E-state index < -0.39 is 11.9 Å². The van der Waals surface area contributed by atoms with Gasteiger partial charge in [-0.15, -0.1) is 11.3 Å². The summed E-state index contributed by atoms with van der Waals surface area (Å²) in [5.41, 5.74) is 5.46. The Balaban J connectivity index is 3.00. The van der Waals surface area contributed by atoms with Crippen LogP contribution in [0.25, 0.3) is 0 Å². The standard InChI is InChI=1S/C12H18N2O3S/c1-4-17-12(16)11-8(5-7(2)3)18-10(14-11)6-9(13)15/h7H,4-6H2,1-3H3,(H2,13,15). The van der Waals surface area contributed by atoms with Gasteiger partial charge in [-0.25, -0.2) is 9.78 Å². The zero-order chi connectivity index (χ0) is 13.7. The molecule has 0 aliphatic heterocycles. The summed E-state index contributed by atoms with van der Waals surface area (Å²) in [7, 11) is 0. The first-order valence-electron chi connectivity index (χ1n) is 5.88. The van der Waals surface area contributed by atoms with Crippen molar-refractivity contribution in [3.8, 4) is 0 Å². The SMILES string of the molecule is CCOC(=O)c1nc(CC(N)=O)sc1CC(C)C. The molecule has 1 heterocycles. The van der Waals surface area contributed by atoms with Crippen molar-refractivity contribution in [2.75, 3.05) is 6.61 Å². The lowest BCUT2D eigenvalue weighted by atomic mass is 10.1. The summed E-state index contributed by atoms with van der Waals surface area (Å²) in [5, 5.41) is 0.571. The summed E-state index contributed by atoms with van der Waals surface area (Å²) in [4.78, 5) is 27.7. The number of carbonyl (C=O) groups excluding carboxylic acids is 2. The number of aromatic nitrogens is 1. The molecular formula is C12H18N2O3S. The number of nitrogens with two attached hydrogens (primary N) is 1. The van der Waals surface area contributed by atoms with Gasteiger partial charge in [0.15, 0.2) is 5.69 Å². The molecule has 0 atom stereocenters. The van der Waals surface area contributed by atoms with E-state index in [0.717, 1.165) is 11.3 Å². The first-order valence-corrected chi connectivity index (χ1v) is 6.69. The lowest BCUT2D eigenvalue weighted by Gasteiger charge is -2.04. The third-order valence-electron chi connectivity index (χ3n) is 2.13. The molecule has 100 valence electrons. The fourth-order valence-corrected chi connectivity index (χ4v) is 2.77. The van der Waals surface area contributed by atoms with Gasteiger partial charge < -0.3 is 10.5 Å². The van der Waals surface area contributed by atoms with Crippen LogP contribution in [0.3, 0.4) is 0 Å². The van der Waals surface area contributed by atoms with Crippen molar-refractivity contribution in [1.29, 1.82) is 0 Å². The molecule has 1 aromatic rings. The normalized spacial score (nSPS) is 10.7. The van der Waals surface area contributed by atoms with Crippen LogP contribution < -0.4 is 5.73 Å². The fourth-order valence-electron chi connectivity index (χ4n) is 1.49. The van der Waals surface area contributed by atoms with Crippen molar-refractivity contribution in [3.05, 3.63) is 15.6 Å². The summed E-state index contributed by atoms with van der Waals surface area (Å²) in [6.45, 7) is 6.17. The van der Waals surface area contributed by atoms with E-state index in [-0.39, 0.29) is 6.42 Å². The van der Waals surface area contributed by atoms with E-state index >= 15 is 0 Å². The number of amides is 1. The minimum atomic E-state index is -0.449. The molecular weight excluding hydrogens is 252 g/mol. The number of carbonyl (C=O) groups is 2. The lowest BCUT2D eigenvalue weighted by molar-refractivity contribution is -0.117. The minimum Gasteiger partial charge on any atom is -0.461 e. The predicted molar refractivity (Wildman–Crippen MR) is 69.5 cm³/mol. The van der Waals surface area contributed by atoms with Gasteiger partial charge in [0.25, 0.3) is 0 Å². The Morgan fingerprint density at radius 2 is 2.11 bits per heavy atom. The number of hydrogen-bond acceptors (Lipinski definition) is 5. The van der Waals surface area contributed by atoms with Crippen molar-refractivity contribution in [2.45, 2.75) is 33.6 Å². The summed E-state index contributed by atoms with van der Waals surface area (Å²) in [6.07, 6.45) is 0.805. The third-order valence-corrected chi connectivity index (χ3v) is 3.21. The van der Waals surface area contributed by atoms with Gasteiger partial charge in [0.1, 0.15) is 5.01 Å². The van der Waals surface area contributed by atoms with Crippen LogP contribution in [0.15, 0.2) is 0 Å². The molecule has 0 unspecified atom stereocenters. The van der Waals surface area contributed by atoms with Crippen LogP contribution in [-0.2, 0) is 22.4 Å². The molecule has 5 nitrogen and oxygen atoms in total. The molecule has 0 saturated heterocycles. The highest BCUT2D eigenvalue weighted by molar-refractivity contribution is 7.12. The van der Waals surface area contributed by atoms with E-state index in [1.54, 1.807) is 6.92 Å². The molecule has 0 spiro atoms. The Morgan fingerprint density at radius 3 is 2.61 bits per heavy atom. The highest BCUT2D eigenvalue weighted by Gasteiger charge is 2.20. The van der Waals surface area contributed by atoms with E-state index in [1.807, 2.05) is 0 Å². The van der Waals surface area contributed by atoms with E-state index in [0.29, 0.717) is 23.2 Å². The molecule has 1 aromatic heterocycles. The first kappa shape index (κ1) is 14.6. The molecule has 0 aromatic carbocycles. The van der Waals surface area contributed by atoms with E-state index in [1.165, 1.54) is 11.3 Å². The highest BCUT2D eigenvalue weighted by Crippen LogP contribution is 2.23. The number of thiazole rings is 1.